The number of thiophene rings is 1. The molecule has 2 fully saturated rings. The minimum atomic E-state index is -4.47. The maximum atomic E-state index is 14.3. The van der Waals surface area contributed by atoms with Crippen LogP contribution in [0.2, 0.25) is 10.0 Å². The summed E-state index contributed by atoms with van der Waals surface area (Å²) in [6.45, 7) is 0.923. The van der Waals surface area contributed by atoms with Crippen molar-refractivity contribution in [1.29, 1.82) is 0 Å². The minimum absolute atomic E-state index is 0.0613. The molecule has 1 amide bonds. The van der Waals surface area contributed by atoms with Gasteiger partial charge in [-0.3, -0.25) is 14.4 Å². The van der Waals surface area contributed by atoms with Gasteiger partial charge in [0, 0.05) is 53.6 Å². The Labute approximate surface area is 302 Å². The van der Waals surface area contributed by atoms with E-state index in [4.69, 9.17) is 28.3 Å². The predicted molar refractivity (Wildman–Crippen MR) is 183 cm³/mol. The van der Waals surface area contributed by atoms with E-state index in [2.05, 4.69) is 17.3 Å². The van der Waals surface area contributed by atoms with Crippen molar-refractivity contribution in [3.8, 4) is 28.1 Å². The number of carbonyl (C=O) groups is 1. The number of rotatable bonds is 8. The number of piperidine rings is 1. The van der Waals surface area contributed by atoms with E-state index in [0.717, 1.165) is 35.8 Å². The molecule has 0 radical (unpaired) electrons. The van der Waals surface area contributed by atoms with Crippen molar-refractivity contribution in [3.63, 3.8) is 0 Å². The lowest BCUT2D eigenvalue weighted by Gasteiger charge is -2.32. The molecular weight excluding hydrogens is 739 g/mol. The normalized spacial score (nSPS) is 17.9. The number of hydrogen-bond acceptors (Lipinski definition) is 7. The Hall–Kier alpha value is -3.33. The first-order valence-corrected chi connectivity index (χ1v) is 18.2. The lowest BCUT2D eigenvalue weighted by atomic mass is 10.1. The Morgan fingerprint density at radius 3 is 2.44 bits per heavy atom. The van der Waals surface area contributed by atoms with Crippen molar-refractivity contribution < 1.29 is 31.1 Å². The first kappa shape index (κ1) is 36.5. The standard InChI is InChI=1S/C33H30Cl2F4N6O3S2/c34-23-9-12-28(27(35)18-23)45-31(29-13-11-25(49-29)10-6-21-4-7-22(8-5-21)33(37,38)39)26(20-44(50(47)48)43-17-14-24(36)19-43)30(40-45)32(46)41-42-15-2-1-3-16-42/h4-5,7-9,11-13,18,24H,1-3,14-17,19-20H2,(H,41,46)(H,47,48)/p-1/t24-/m1/s1. The molecule has 50 heavy (non-hydrogen) atoms. The van der Waals surface area contributed by atoms with Crippen molar-refractivity contribution in [2.75, 3.05) is 26.2 Å². The summed E-state index contributed by atoms with van der Waals surface area (Å²) in [5, 5.41) is 8.44. The molecule has 4 heterocycles. The van der Waals surface area contributed by atoms with Crippen LogP contribution in [0.4, 0.5) is 17.6 Å². The highest BCUT2D eigenvalue weighted by Crippen LogP contribution is 2.38. The van der Waals surface area contributed by atoms with E-state index < -0.39 is 35.1 Å². The monoisotopic (exact) mass is 767 g/mol. The van der Waals surface area contributed by atoms with Gasteiger partial charge in [-0.2, -0.15) is 22.7 Å². The van der Waals surface area contributed by atoms with Crippen molar-refractivity contribution >= 4 is 51.7 Å². The highest BCUT2D eigenvalue weighted by Gasteiger charge is 2.33. The van der Waals surface area contributed by atoms with Crippen molar-refractivity contribution in [3.05, 3.63) is 91.9 Å². The van der Waals surface area contributed by atoms with Crippen LogP contribution in [-0.4, -0.2) is 71.2 Å². The number of amides is 1. The third-order valence-electron chi connectivity index (χ3n) is 8.22. The van der Waals surface area contributed by atoms with Crippen molar-refractivity contribution in [1.82, 2.24) is 29.6 Å². The Morgan fingerprint density at radius 2 is 1.80 bits per heavy atom. The molecule has 2 saturated heterocycles. The number of hydrazine groups is 2. The van der Waals surface area contributed by atoms with Gasteiger partial charge in [-0.05, 0) is 73.9 Å². The number of hydrogen-bond donors (Lipinski definition) is 1. The quantitative estimate of drug-likeness (QED) is 0.118. The summed E-state index contributed by atoms with van der Waals surface area (Å²) in [6, 6.07) is 12.6. The molecule has 4 aromatic rings. The maximum absolute atomic E-state index is 14.3. The second-order valence-electron chi connectivity index (χ2n) is 11.7. The Balaban J connectivity index is 1.46. The number of alkyl halides is 4. The van der Waals surface area contributed by atoms with Gasteiger partial charge in [0.15, 0.2) is 5.69 Å². The van der Waals surface area contributed by atoms with Gasteiger partial charge in [0.1, 0.15) is 6.17 Å². The molecule has 1 N–H and O–H groups in total. The molecule has 2 aromatic carbocycles. The van der Waals surface area contributed by atoms with Gasteiger partial charge in [0.05, 0.1) is 38.3 Å². The molecule has 2 aliphatic rings. The summed E-state index contributed by atoms with van der Waals surface area (Å²) in [6.07, 6.45) is -2.73. The maximum Gasteiger partial charge on any atom is 0.416 e. The third kappa shape index (κ3) is 8.41. The number of nitrogens with one attached hydrogen (secondary N) is 1. The average Bonchev–Trinajstić information content (AvgIpc) is 3.81. The molecule has 0 saturated carbocycles. The van der Waals surface area contributed by atoms with Crippen LogP contribution in [0.5, 0.6) is 0 Å². The second kappa shape index (κ2) is 15.5. The van der Waals surface area contributed by atoms with E-state index in [0.29, 0.717) is 44.8 Å². The van der Waals surface area contributed by atoms with E-state index in [1.54, 1.807) is 29.3 Å². The Bertz CT molecular complexity index is 1950. The zero-order valence-corrected chi connectivity index (χ0v) is 29.3. The topological polar surface area (TPSA) is 96.8 Å². The molecular formula is C33H29Cl2F4N6O3S2-. The van der Waals surface area contributed by atoms with Crippen LogP contribution in [0.3, 0.4) is 0 Å². The summed E-state index contributed by atoms with van der Waals surface area (Å²) < 4.78 is 81.0. The molecule has 0 aliphatic carbocycles. The zero-order chi connectivity index (χ0) is 35.6. The van der Waals surface area contributed by atoms with E-state index in [1.165, 1.54) is 39.2 Å². The summed E-state index contributed by atoms with van der Waals surface area (Å²) in [7, 11) is 0. The molecule has 0 spiro atoms. The van der Waals surface area contributed by atoms with Gasteiger partial charge in [0.25, 0.3) is 5.91 Å². The molecule has 2 aromatic heterocycles. The van der Waals surface area contributed by atoms with E-state index >= 15 is 0 Å². The van der Waals surface area contributed by atoms with Crippen LogP contribution in [0.25, 0.3) is 16.3 Å². The number of carbonyl (C=O) groups excluding carboxylic acids is 1. The van der Waals surface area contributed by atoms with Gasteiger partial charge in [-0.1, -0.05) is 41.5 Å². The van der Waals surface area contributed by atoms with Gasteiger partial charge >= 0.3 is 6.18 Å². The molecule has 9 nitrogen and oxygen atoms in total. The summed E-state index contributed by atoms with van der Waals surface area (Å²) >= 11 is 11.2. The van der Waals surface area contributed by atoms with Crippen molar-refractivity contribution in [2.24, 2.45) is 0 Å². The van der Waals surface area contributed by atoms with E-state index in [-0.39, 0.29) is 42.3 Å². The molecule has 264 valence electrons. The SMILES string of the molecule is O=C(NN1CCCCC1)c1nn(-c2ccc(Cl)cc2Cl)c(-c2ccc(C#Cc3ccc(C(F)(F)F)cc3)s2)c1CN(N1CC[C@@H](F)C1)S(=O)[O-]. The number of halogens is 6. The first-order chi connectivity index (χ1) is 23.9. The van der Waals surface area contributed by atoms with Crippen LogP contribution >= 0.6 is 34.5 Å². The zero-order valence-electron chi connectivity index (χ0n) is 26.2. The van der Waals surface area contributed by atoms with Gasteiger partial charge in [0.2, 0.25) is 0 Å². The van der Waals surface area contributed by atoms with E-state index in [9.17, 15) is 31.1 Å². The van der Waals surface area contributed by atoms with Crippen LogP contribution in [0.1, 0.15) is 57.7 Å². The smallest absolute Gasteiger partial charge is 0.416 e. The van der Waals surface area contributed by atoms with Crippen molar-refractivity contribution in [2.45, 2.75) is 44.6 Å². The Kier molecular flexibility index (Phi) is 11.3. The number of nitrogens with zero attached hydrogens (tertiary/aromatic N) is 5. The van der Waals surface area contributed by atoms with Gasteiger partial charge < -0.3 is 4.55 Å². The predicted octanol–water partition coefficient (Wildman–Crippen LogP) is 7.01. The lowest BCUT2D eigenvalue weighted by molar-refractivity contribution is -0.137. The highest BCUT2D eigenvalue weighted by molar-refractivity contribution is 7.76. The van der Waals surface area contributed by atoms with Crippen LogP contribution < -0.4 is 5.43 Å². The fraction of sp³-hybridized carbons (Fsp3) is 0.333. The minimum Gasteiger partial charge on any atom is -0.759 e. The Morgan fingerprint density at radius 1 is 1.06 bits per heavy atom. The van der Waals surface area contributed by atoms with E-state index in [1.807, 2.05) is 0 Å². The lowest BCUT2D eigenvalue weighted by Crippen LogP contribution is -2.46. The molecule has 17 heteroatoms. The first-order valence-electron chi connectivity index (χ1n) is 15.6. The molecule has 2 atom stereocenters. The average molecular weight is 769 g/mol. The molecule has 2 aliphatic heterocycles. The van der Waals surface area contributed by atoms with Crippen LogP contribution in [-0.2, 0) is 24.0 Å². The summed E-state index contributed by atoms with van der Waals surface area (Å²) in [5.41, 5.74) is 3.37. The summed E-state index contributed by atoms with van der Waals surface area (Å²) in [4.78, 5) is 15.0. The largest absolute Gasteiger partial charge is 0.759 e. The fourth-order valence-electron chi connectivity index (χ4n) is 5.76. The molecule has 0 bridgehead atoms. The van der Waals surface area contributed by atoms with Crippen LogP contribution in [0.15, 0.2) is 54.6 Å². The number of benzene rings is 2. The summed E-state index contributed by atoms with van der Waals surface area (Å²) in [5.74, 6) is 5.28. The van der Waals surface area contributed by atoms with Crippen LogP contribution in [0, 0.1) is 11.8 Å². The van der Waals surface area contributed by atoms with Gasteiger partial charge in [-0.25, -0.2) is 19.1 Å². The molecule has 6 rings (SSSR count). The fourth-order valence-corrected chi connectivity index (χ4v) is 7.74. The highest BCUT2D eigenvalue weighted by atomic mass is 35.5. The molecule has 1 unspecified atom stereocenters. The third-order valence-corrected chi connectivity index (χ3v) is 10.5. The number of aromatic nitrogens is 2. The second-order valence-corrected chi connectivity index (χ2v) is 14.5. The van der Waals surface area contributed by atoms with Gasteiger partial charge in [-0.15, -0.1) is 11.3 Å².